The summed E-state index contributed by atoms with van der Waals surface area (Å²) in [6.45, 7) is 4.53. The normalized spacial score (nSPS) is 13.1. The lowest BCUT2D eigenvalue weighted by molar-refractivity contribution is 0.0956. The maximum atomic E-state index is 12.3. The van der Waals surface area contributed by atoms with Crippen LogP contribution in [0.25, 0.3) is 11.1 Å². The van der Waals surface area contributed by atoms with Gasteiger partial charge >= 0.3 is 0 Å². The number of benzene rings is 1. The van der Waals surface area contributed by atoms with Crippen molar-refractivity contribution in [1.29, 1.82) is 0 Å². The zero-order valence-electron chi connectivity index (χ0n) is 14.1. The number of aryl methyl sites for hydroxylation is 1. The lowest BCUT2D eigenvalue weighted by Crippen LogP contribution is -2.29. The summed E-state index contributed by atoms with van der Waals surface area (Å²) in [5.41, 5.74) is 5.11. The molecule has 0 aliphatic carbocycles. The van der Waals surface area contributed by atoms with Crippen LogP contribution in [0.5, 0.6) is 0 Å². The van der Waals surface area contributed by atoms with Crippen LogP contribution in [-0.4, -0.2) is 30.5 Å². The molecule has 2 N–H and O–H groups in total. The van der Waals surface area contributed by atoms with Crippen molar-refractivity contribution in [3.8, 4) is 11.1 Å². The highest BCUT2D eigenvalue weighted by Gasteiger charge is 2.09. The van der Waals surface area contributed by atoms with E-state index in [-0.39, 0.29) is 30.7 Å². The van der Waals surface area contributed by atoms with E-state index in [2.05, 4.69) is 40.8 Å². The van der Waals surface area contributed by atoms with Gasteiger partial charge in [-0.3, -0.25) is 9.78 Å². The van der Waals surface area contributed by atoms with Crippen molar-refractivity contribution in [2.24, 2.45) is 0 Å². The number of rotatable bonds is 4. The summed E-state index contributed by atoms with van der Waals surface area (Å²) in [6, 6.07) is 10.1. The Morgan fingerprint density at radius 3 is 2.60 bits per heavy atom. The second-order valence-corrected chi connectivity index (χ2v) is 5.83. The first kappa shape index (κ1) is 21.2. The van der Waals surface area contributed by atoms with Crippen LogP contribution >= 0.6 is 24.8 Å². The molecule has 2 aromatic rings. The van der Waals surface area contributed by atoms with Gasteiger partial charge in [-0.2, -0.15) is 0 Å². The molecule has 1 aliphatic rings. The number of hydrogen-bond donors (Lipinski definition) is 2. The first-order valence-electron chi connectivity index (χ1n) is 7.91. The molecule has 0 bridgehead atoms. The van der Waals surface area contributed by atoms with Gasteiger partial charge in [0.2, 0.25) is 0 Å². The predicted octanol–water partition coefficient (Wildman–Crippen LogP) is 3.55. The average molecular weight is 380 g/mol. The number of nitrogens with zero attached hydrogens (tertiary/aromatic N) is 1. The molecule has 4 nitrogen and oxygen atoms in total. The fourth-order valence-electron chi connectivity index (χ4n) is 2.59. The van der Waals surface area contributed by atoms with Gasteiger partial charge in [-0.15, -0.1) is 24.8 Å². The minimum absolute atomic E-state index is 0. The Morgan fingerprint density at radius 2 is 1.92 bits per heavy atom. The van der Waals surface area contributed by atoms with Crippen LogP contribution < -0.4 is 10.6 Å². The van der Waals surface area contributed by atoms with Crippen LogP contribution in [0.4, 0.5) is 0 Å². The Hall–Kier alpha value is -1.88. The molecule has 25 heavy (non-hydrogen) atoms. The number of amides is 1. The zero-order valence-corrected chi connectivity index (χ0v) is 15.8. The van der Waals surface area contributed by atoms with E-state index in [4.69, 9.17) is 0 Å². The lowest BCUT2D eigenvalue weighted by atomic mass is 10.0. The Bertz CT molecular complexity index is 730. The molecule has 134 valence electrons. The second-order valence-electron chi connectivity index (χ2n) is 5.83. The molecule has 0 fully saturated rings. The van der Waals surface area contributed by atoms with Crippen molar-refractivity contribution in [2.45, 2.75) is 13.3 Å². The van der Waals surface area contributed by atoms with Gasteiger partial charge in [0.1, 0.15) is 0 Å². The minimum atomic E-state index is -0.0779. The molecule has 6 heteroatoms. The van der Waals surface area contributed by atoms with Gasteiger partial charge in [0.15, 0.2) is 0 Å². The second kappa shape index (κ2) is 10.2. The first-order valence-corrected chi connectivity index (χ1v) is 7.91. The highest BCUT2D eigenvalue weighted by molar-refractivity contribution is 5.95. The van der Waals surface area contributed by atoms with Crippen LogP contribution in [-0.2, 0) is 0 Å². The van der Waals surface area contributed by atoms with Crippen molar-refractivity contribution >= 4 is 30.7 Å². The van der Waals surface area contributed by atoms with E-state index < -0.39 is 0 Å². The third-order valence-corrected chi connectivity index (χ3v) is 4.02. The zero-order chi connectivity index (χ0) is 16.1. The molecule has 0 radical (unpaired) electrons. The number of carbonyl (C=O) groups is 1. The van der Waals surface area contributed by atoms with Crippen molar-refractivity contribution in [3.05, 3.63) is 65.5 Å². The summed E-state index contributed by atoms with van der Waals surface area (Å²) >= 11 is 0. The van der Waals surface area contributed by atoms with Crippen LogP contribution in [0, 0.1) is 6.92 Å². The summed E-state index contributed by atoms with van der Waals surface area (Å²) in [4.78, 5) is 16.5. The molecule has 2 heterocycles. The van der Waals surface area contributed by atoms with Crippen molar-refractivity contribution in [3.63, 3.8) is 0 Å². The smallest absolute Gasteiger partial charge is 0.253 e. The van der Waals surface area contributed by atoms with Crippen LogP contribution in [0.15, 0.2) is 54.4 Å². The number of hydrogen-bond acceptors (Lipinski definition) is 3. The Morgan fingerprint density at radius 1 is 1.16 bits per heavy atom. The third-order valence-electron chi connectivity index (χ3n) is 4.02. The van der Waals surface area contributed by atoms with E-state index in [9.17, 15) is 4.79 Å². The fraction of sp³-hybridized carbons (Fsp3) is 0.263. The van der Waals surface area contributed by atoms with Crippen molar-refractivity contribution in [2.75, 3.05) is 19.6 Å². The molecule has 0 spiro atoms. The van der Waals surface area contributed by atoms with E-state index in [1.165, 1.54) is 11.1 Å². The maximum Gasteiger partial charge on any atom is 0.253 e. The Kier molecular flexibility index (Phi) is 8.62. The summed E-state index contributed by atoms with van der Waals surface area (Å²) < 4.78 is 0. The highest BCUT2D eigenvalue weighted by atomic mass is 35.5. The van der Waals surface area contributed by atoms with Crippen LogP contribution in [0.3, 0.4) is 0 Å². The predicted molar refractivity (Wildman–Crippen MR) is 107 cm³/mol. The van der Waals surface area contributed by atoms with Gasteiger partial charge in [-0.25, -0.2) is 0 Å². The molecular formula is C19H23Cl2N3O. The van der Waals surface area contributed by atoms with Gasteiger partial charge in [0.25, 0.3) is 5.91 Å². The molecule has 0 saturated heterocycles. The quantitative estimate of drug-likeness (QED) is 0.798. The van der Waals surface area contributed by atoms with Gasteiger partial charge in [-0.05, 0) is 31.5 Å². The number of pyridine rings is 1. The molecule has 1 aliphatic heterocycles. The first-order chi connectivity index (χ1) is 11.2. The minimum Gasteiger partial charge on any atom is -0.348 e. The third kappa shape index (κ3) is 5.85. The number of carbonyl (C=O) groups excluding carboxylic acids is 1. The monoisotopic (exact) mass is 379 g/mol. The Labute approximate surface area is 160 Å². The molecule has 1 aromatic heterocycles. The van der Waals surface area contributed by atoms with Crippen LogP contribution in [0.1, 0.15) is 22.3 Å². The average Bonchev–Trinajstić information content (AvgIpc) is 2.61. The molecule has 1 amide bonds. The number of aromatic nitrogens is 1. The summed E-state index contributed by atoms with van der Waals surface area (Å²) in [5, 5.41) is 6.25. The summed E-state index contributed by atoms with van der Waals surface area (Å²) in [6.07, 6.45) is 6.54. The molecule has 3 rings (SSSR count). The van der Waals surface area contributed by atoms with Crippen LogP contribution in [0.2, 0.25) is 0 Å². The number of nitrogens with one attached hydrogen (secondary N) is 2. The van der Waals surface area contributed by atoms with Gasteiger partial charge in [-0.1, -0.05) is 41.5 Å². The standard InChI is InChI=1S/C19H21N3O.2ClH/c1-14-2-4-16(5-3-14)17-10-18(13-21-12-17)19(23)22-11-15-6-8-20-9-7-15;;/h2-6,10,12-13,20H,7-9,11H2,1H3,(H,22,23);2*1H. The number of halogens is 2. The largest absolute Gasteiger partial charge is 0.348 e. The summed E-state index contributed by atoms with van der Waals surface area (Å²) in [7, 11) is 0. The van der Waals surface area contributed by atoms with E-state index in [0.717, 1.165) is 30.6 Å². The van der Waals surface area contributed by atoms with Crippen molar-refractivity contribution < 1.29 is 4.79 Å². The van der Waals surface area contributed by atoms with E-state index in [1.54, 1.807) is 12.4 Å². The van der Waals surface area contributed by atoms with Gasteiger partial charge in [0.05, 0.1) is 5.56 Å². The van der Waals surface area contributed by atoms with E-state index >= 15 is 0 Å². The molecule has 0 unspecified atom stereocenters. The van der Waals surface area contributed by atoms with E-state index in [0.29, 0.717) is 12.1 Å². The lowest BCUT2D eigenvalue weighted by Gasteiger charge is -2.14. The van der Waals surface area contributed by atoms with Gasteiger partial charge < -0.3 is 10.6 Å². The maximum absolute atomic E-state index is 12.3. The van der Waals surface area contributed by atoms with Gasteiger partial charge in [0, 0.05) is 31.0 Å². The van der Waals surface area contributed by atoms with E-state index in [1.807, 2.05) is 18.2 Å². The topological polar surface area (TPSA) is 54.0 Å². The van der Waals surface area contributed by atoms with Crippen molar-refractivity contribution in [1.82, 2.24) is 15.6 Å². The Balaban J connectivity index is 0.00000156. The SMILES string of the molecule is Cc1ccc(-c2cncc(C(=O)NCC3=CCNCC3)c2)cc1.Cl.Cl. The molecule has 1 aromatic carbocycles. The highest BCUT2D eigenvalue weighted by Crippen LogP contribution is 2.19. The molecular weight excluding hydrogens is 357 g/mol. The molecule has 0 saturated carbocycles. The summed E-state index contributed by atoms with van der Waals surface area (Å²) in [5.74, 6) is -0.0779. The molecule has 0 atom stereocenters. The fourth-order valence-corrected chi connectivity index (χ4v) is 2.59.